The number of hydrogen-bond acceptors (Lipinski definition) is 5. The van der Waals surface area contributed by atoms with Crippen molar-refractivity contribution < 1.29 is 19.3 Å². The zero-order valence-corrected chi connectivity index (χ0v) is 18.5. The van der Waals surface area contributed by atoms with E-state index < -0.39 is 0 Å². The third kappa shape index (κ3) is 5.46. The van der Waals surface area contributed by atoms with Crippen molar-refractivity contribution in [3.63, 3.8) is 0 Å². The minimum absolute atomic E-state index is 0.0309. The number of likely N-dealkylation sites (tertiary alicyclic amines) is 1. The number of nitrogens with zero attached hydrogens (tertiary/aromatic N) is 1. The summed E-state index contributed by atoms with van der Waals surface area (Å²) in [5, 5.41) is 10.3. The van der Waals surface area contributed by atoms with E-state index in [2.05, 4.69) is 35.2 Å². The van der Waals surface area contributed by atoms with Crippen LogP contribution in [-0.2, 0) is 13.0 Å². The fraction of sp³-hybridized carbons (Fsp3) is 0.520. The van der Waals surface area contributed by atoms with Crippen LogP contribution in [-0.4, -0.2) is 51.0 Å². The molecule has 0 amide bonds. The fourth-order valence-corrected chi connectivity index (χ4v) is 4.63. The molecular formula is C25H35NO4. The summed E-state index contributed by atoms with van der Waals surface area (Å²) in [5.41, 5.74) is 2.41. The standard InChI is InChI=1S/C25H35NO4/c1-28-22-16-24(30-3)23(29-2)15-21(22)17-26-14-8-13-25(18-26,19-27)12-7-11-20-9-5-4-6-10-20/h4-6,9-10,15-16,27H,7-8,11-14,17-19H2,1-3H3/t25-/m1/s1. The number of benzene rings is 2. The highest BCUT2D eigenvalue weighted by atomic mass is 16.5. The fourth-order valence-electron chi connectivity index (χ4n) is 4.63. The minimum Gasteiger partial charge on any atom is -0.496 e. The van der Waals surface area contributed by atoms with Crippen LogP contribution >= 0.6 is 0 Å². The second kappa shape index (κ2) is 10.7. The van der Waals surface area contributed by atoms with E-state index in [-0.39, 0.29) is 12.0 Å². The Morgan fingerprint density at radius 1 is 0.967 bits per heavy atom. The molecular weight excluding hydrogens is 378 g/mol. The van der Waals surface area contributed by atoms with Gasteiger partial charge in [0.1, 0.15) is 5.75 Å². The Balaban J connectivity index is 1.67. The van der Waals surface area contributed by atoms with Gasteiger partial charge < -0.3 is 19.3 Å². The highest BCUT2D eigenvalue weighted by Crippen LogP contribution is 2.38. The molecule has 1 saturated heterocycles. The molecule has 0 aliphatic carbocycles. The molecule has 1 N–H and O–H groups in total. The second-order valence-electron chi connectivity index (χ2n) is 8.33. The average Bonchev–Trinajstić information content (AvgIpc) is 2.79. The maximum Gasteiger partial charge on any atom is 0.164 e. The van der Waals surface area contributed by atoms with Crippen molar-refractivity contribution in [1.29, 1.82) is 0 Å². The Morgan fingerprint density at radius 3 is 2.33 bits per heavy atom. The second-order valence-corrected chi connectivity index (χ2v) is 8.33. The van der Waals surface area contributed by atoms with Gasteiger partial charge in [-0.15, -0.1) is 0 Å². The number of aliphatic hydroxyl groups excluding tert-OH is 1. The summed E-state index contributed by atoms with van der Waals surface area (Å²) in [6.45, 7) is 2.93. The van der Waals surface area contributed by atoms with Gasteiger partial charge in [0.15, 0.2) is 11.5 Å². The Bertz CT molecular complexity index is 795. The van der Waals surface area contributed by atoms with Crippen LogP contribution in [0.3, 0.4) is 0 Å². The van der Waals surface area contributed by atoms with Crippen LogP contribution in [0.1, 0.15) is 36.8 Å². The van der Waals surface area contributed by atoms with Gasteiger partial charge in [-0.3, -0.25) is 4.90 Å². The molecule has 164 valence electrons. The van der Waals surface area contributed by atoms with Crippen molar-refractivity contribution in [3.8, 4) is 17.2 Å². The number of aliphatic hydroxyl groups is 1. The maximum atomic E-state index is 10.3. The number of piperidine rings is 1. The predicted octanol–water partition coefficient (Wildman–Crippen LogP) is 4.31. The van der Waals surface area contributed by atoms with Gasteiger partial charge in [-0.1, -0.05) is 30.3 Å². The Labute approximate surface area is 180 Å². The minimum atomic E-state index is -0.0309. The molecule has 1 aliphatic heterocycles. The molecule has 30 heavy (non-hydrogen) atoms. The molecule has 0 saturated carbocycles. The molecule has 0 bridgehead atoms. The molecule has 0 spiro atoms. The molecule has 1 atom stereocenters. The largest absolute Gasteiger partial charge is 0.496 e. The SMILES string of the molecule is COc1cc(OC)c(OC)cc1CN1CCC[C@](CO)(CCCc2ccccc2)C1. The zero-order chi connectivity index (χ0) is 21.4. The summed E-state index contributed by atoms with van der Waals surface area (Å²) >= 11 is 0. The molecule has 3 rings (SSSR count). The molecule has 0 radical (unpaired) electrons. The van der Waals surface area contributed by atoms with E-state index >= 15 is 0 Å². The molecule has 2 aromatic carbocycles. The van der Waals surface area contributed by atoms with Crippen molar-refractivity contribution in [1.82, 2.24) is 4.90 Å². The molecule has 1 heterocycles. The summed E-state index contributed by atoms with van der Waals surface area (Å²) in [6, 6.07) is 14.5. The lowest BCUT2D eigenvalue weighted by Crippen LogP contribution is -2.45. The topological polar surface area (TPSA) is 51.2 Å². The highest BCUT2D eigenvalue weighted by Gasteiger charge is 2.34. The molecule has 0 aromatic heterocycles. The first-order valence-electron chi connectivity index (χ1n) is 10.8. The monoisotopic (exact) mass is 413 g/mol. The average molecular weight is 414 g/mol. The summed E-state index contributed by atoms with van der Waals surface area (Å²) < 4.78 is 16.5. The lowest BCUT2D eigenvalue weighted by molar-refractivity contribution is 0.0205. The van der Waals surface area contributed by atoms with E-state index in [9.17, 15) is 5.11 Å². The third-order valence-corrected chi connectivity index (χ3v) is 6.27. The van der Waals surface area contributed by atoms with Crippen LogP contribution in [0.15, 0.2) is 42.5 Å². The molecule has 5 nitrogen and oxygen atoms in total. The Morgan fingerprint density at radius 2 is 1.67 bits per heavy atom. The van der Waals surface area contributed by atoms with Crippen LogP contribution < -0.4 is 14.2 Å². The van der Waals surface area contributed by atoms with Crippen molar-refractivity contribution in [2.75, 3.05) is 41.0 Å². The van der Waals surface area contributed by atoms with Gasteiger partial charge in [-0.05, 0) is 50.3 Å². The predicted molar refractivity (Wildman–Crippen MR) is 120 cm³/mol. The van der Waals surface area contributed by atoms with Crippen LogP contribution in [0.5, 0.6) is 17.2 Å². The number of ether oxygens (including phenoxy) is 3. The van der Waals surface area contributed by atoms with Crippen LogP contribution in [0.4, 0.5) is 0 Å². The number of hydrogen-bond donors (Lipinski definition) is 1. The van der Waals surface area contributed by atoms with Crippen LogP contribution in [0, 0.1) is 5.41 Å². The van der Waals surface area contributed by atoms with E-state index in [1.165, 1.54) is 5.56 Å². The quantitative estimate of drug-likeness (QED) is 0.629. The van der Waals surface area contributed by atoms with Gasteiger partial charge >= 0.3 is 0 Å². The van der Waals surface area contributed by atoms with E-state index in [1.807, 2.05) is 12.1 Å². The normalized spacial score (nSPS) is 19.5. The van der Waals surface area contributed by atoms with Crippen molar-refractivity contribution in [3.05, 3.63) is 53.6 Å². The first-order valence-corrected chi connectivity index (χ1v) is 10.8. The van der Waals surface area contributed by atoms with Crippen LogP contribution in [0.25, 0.3) is 0 Å². The van der Waals surface area contributed by atoms with Gasteiger partial charge in [0.2, 0.25) is 0 Å². The zero-order valence-electron chi connectivity index (χ0n) is 18.5. The first kappa shape index (κ1) is 22.4. The number of rotatable bonds is 10. The first-order chi connectivity index (χ1) is 14.6. The lowest BCUT2D eigenvalue weighted by atomic mass is 9.76. The molecule has 5 heteroatoms. The van der Waals surface area contributed by atoms with Gasteiger partial charge in [0.25, 0.3) is 0 Å². The summed E-state index contributed by atoms with van der Waals surface area (Å²) in [6.07, 6.45) is 5.38. The van der Waals surface area contributed by atoms with Gasteiger partial charge in [-0.2, -0.15) is 0 Å². The van der Waals surface area contributed by atoms with Gasteiger partial charge in [0.05, 0.1) is 21.3 Å². The maximum absolute atomic E-state index is 10.3. The van der Waals surface area contributed by atoms with Crippen LogP contribution in [0.2, 0.25) is 0 Å². The van der Waals surface area contributed by atoms with Crippen molar-refractivity contribution >= 4 is 0 Å². The summed E-state index contributed by atoms with van der Waals surface area (Å²) in [4.78, 5) is 2.44. The van der Waals surface area contributed by atoms with E-state index in [0.717, 1.165) is 63.1 Å². The van der Waals surface area contributed by atoms with Gasteiger partial charge in [0, 0.05) is 36.7 Å². The molecule has 2 aromatic rings. The van der Waals surface area contributed by atoms with E-state index in [4.69, 9.17) is 14.2 Å². The molecule has 1 fully saturated rings. The van der Waals surface area contributed by atoms with E-state index in [0.29, 0.717) is 11.5 Å². The number of aryl methyl sites for hydroxylation is 1. The molecule has 0 unspecified atom stereocenters. The summed E-state index contributed by atoms with van der Waals surface area (Å²) in [5.74, 6) is 2.18. The molecule has 1 aliphatic rings. The van der Waals surface area contributed by atoms with Gasteiger partial charge in [-0.25, -0.2) is 0 Å². The number of methoxy groups -OCH3 is 3. The van der Waals surface area contributed by atoms with E-state index in [1.54, 1.807) is 21.3 Å². The van der Waals surface area contributed by atoms with Crippen molar-refractivity contribution in [2.24, 2.45) is 5.41 Å². The third-order valence-electron chi connectivity index (χ3n) is 6.27. The van der Waals surface area contributed by atoms with Crippen molar-refractivity contribution in [2.45, 2.75) is 38.6 Å². The smallest absolute Gasteiger partial charge is 0.164 e. The Kier molecular flexibility index (Phi) is 8.00. The summed E-state index contributed by atoms with van der Waals surface area (Å²) in [7, 11) is 4.97. The Hall–Kier alpha value is -2.24. The lowest BCUT2D eigenvalue weighted by Gasteiger charge is -2.42. The highest BCUT2D eigenvalue weighted by molar-refractivity contribution is 5.50.